The number of rotatable bonds is 5. The van der Waals surface area contributed by atoms with Crippen LogP contribution in [0.2, 0.25) is 0 Å². The number of nitriles is 1. The van der Waals surface area contributed by atoms with Gasteiger partial charge in [-0.1, -0.05) is 5.21 Å². The number of primary amides is 1. The van der Waals surface area contributed by atoms with Crippen molar-refractivity contribution in [2.75, 3.05) is 5.75 Å². The Labute approximate surface area is 110 Å². The average molecular weight is 283 g/mol. The van der Waals surface area contributed by atoms with Crippen molar-refractivity contribution < 1.29 is 13.2 Å². The van der Waals surface area contributed by atoms with Crippen LogP contribution in [0, 0.1) is 11.3 Å². The first-order chi connectivity index (χ1) is 8.89. The summed E-state index contributed by atoms with van der Waals surface area (Å²) in [7, 11) is -3.85. The second-order valence-electron chi connectivity index (χ2n) is 4.54. The highest BCUT2D eigenvalue weighted by atomic mass is 32.2. The fourth-order valence-corrected chi connectivity index (χ4v) is 2.40. The normalized spacial score (nSPS) is 16.8. The van der Waals surface area contributed by atoms with E-state index in [4.69, 9.17) is 11.0 Å². The van der Waals surface area contributed by atoms with Crippen molar-refractivity contribution in [2.45, 2.75) is 31.2 Å². The molecule has 1 aromatic heterocycles. The van der Waals surface area contributed by atoms with E-state index < -0.39 is 20.6 Å². The summed E-state index contributed by atoms with van der Waals surface area (Å²) in [6, 6.07) is 2.18. The summed E-state index contributed by atoms with van der Waals surface area (Å²) >= 11 is 0. The molecule has 1 aliphatic rings. The highest BCUT2D eigenvalue weighted by molar-refractivity contribution is 8.05. The predicted molar refractivity (Wildman–Crippen MR) is 64.5 cm³/mol. The Kier molecular flexibility index (Phi) is 3.28. The van der Waals surface area contributed by atoms with Crippen molar-refractivity contribution in [3.05, 3.63) is 11.9 Å². The van der Waals surface area contributed by atoms with Crippen molar-refractivity contribution >= 4 is 15.1 Å². The molecule has 1 aliphatic carbocycles. The Morgan fingerprint density at radius 3 is 2.79 bits per heavy atom. The summed E-state index contributed by atoms with van der Waals surface area (Å²) in [6.07, 6.45) is 3.76. The SMILES string of the molecule is N#CC1(n2cc(CCCS(=O)(=O)C(N)=O)nn2)CC1. The molecule has 0 saturated heterocycles. The fourth-order valence-electron chi connectivity index (χ4n) is 1.68. The Bertz CT molecular complexity index is 638. The quantitative estimate of drug-likeness (QED) is 0.790. The summed E-state index contributed by atoms with van der Waals surface area (Å²) in [5.41, 5.74) is 4.78. The van der Waals surface area contributed by atoms with E-state index in [2.05, 4.69) is 16.4 Å². The largest absolute Gasteiger partial charge is 0.356 e. The third kappa shape index (κ3) is 2.73. The van der Waals surface area contributed by atoms with Crippen LogP contribution in [-0.4, -0.2) is 34.4 Å². The van der Waals surface area contributed by atoms with Gasteiger partial charge in [-0.2, -0.15) is 5.26 Å². The molecular weight excluding hydrogens is 270 g/mol. The molecule has 9 heteroatoms. The number of sulfone groups is 1. The standard InChI is InChI=1S/C10H13N5O3S/c11-7-10(3-4-10)15-6-8(13-14-15)2-1-5-19(17,18)9(12)16/h6H,1-5H2,(H2,12,16). The van der Waals surface area contributed by atoms with Crippen molar-refractivity contribution in [1.29, 1.82) is 5.26 Å². The van der Waals surface area contributed by atoms with E-state index in [0.717, 1.165) is 12.8 Å². The summed E-state index contributed by atoms with van der Waals surface area (Å²) < 4.78 is 23.9. The van der Waals surface area contributed by atoms with Crippen molar-refractivity contribution in [1.82, 2.24) is 15.0 Å². The number of aromatic nitrogens is 3. The van der Waals surface area contributed by atoms with Gasteiger partial charge in [0.15, 0.2) is 5.54 Å². The maximum atomic E-state index is 11.2. The van der Waals surface area contributed by atoms with Gasteiger partial charge in [0.25, 0.3) is 0 Å². The monoisotopic (exact) mass is 283 g/mol. The van der Waals surface area contributed by atoms with Gasteiger partial charge in [0.1, 0.15) is 0 Å². The number of hydrogen-bond acceptors (Lipinski definition) is 6. The van der Waals surface area contributed by atoms with Gasteiger partial charge in [0, 0.05) is 0 Å². The van der Waals surface area contributed by atoms with E-state index in [1.54, 1.807) is 6.20 Å². The van der Waals surface area contributed by atoms with Crippen LogP contribution in [-0.2, 0) is 21.8 Å². The van der Waals surface area contributed by atoms with Gasteiger partial charge in [-0.15, -0.1) is 5.10 Å². The molecule has 102 valence electrons. The topological polar surface area (TPSA) is 132 Å². The second-order valence-corrected chi connectivity index (χ2v) is 6.58. The average Bonchev–Trinajstić information content (AvgIpc) is 3.02. The van der Waals surface area contributed by atoms with Crippen molar-refractivity contribution in [3.63, 3.8) is 0 Å². The first kappa shape index (κ1) is 13.5. The molecule has 2 N–H and O–H groups in total. The molecule has 1 fully saturated rings. The minimum absolute atomic E-state index is 0.240. The smallest absolute Gasteiger partial charge is 0.333 e. The lowest BCUT2D eigenvalue weighted by Gasteiger charge is -2.02. The van der Waals surface area contributed by atoms with Crippen molar-refractivity contribution in [3.8, 4) is 6.07 Å². The number of nitrogens with zero attached hydrogens (tertiary/aromatic N) is 4. The van der Waals surface area contributed by atoms with Crippen LogP contribution in [0.3, 0.4) is 0 Å². The molecule has 8 nitrogen and oxygen atoms in total. The lowest BCUT2D eigenvalue weighted by molar-refractivity contribution is 0.265. The lowest BCUT2D eigenvalue weighted by atomic mass is 10.2. The zero-order valence-electron chi connectivity index (χ0n) is 10.1. The van der Waals surface area contributed by atoms with E-state index in [-0.39, 0.29) is 12.2 Å². The molecule has 1 aromatic rings. The predicted octanol–water partition coefficient (Wildman–Crippen LogP) is -0.283. The van der Waals surface area contributed by atoms with Crippen LogP contribution >= 0.6 is 0 Å². The molecule has 0 aromatic carbocycles. The van der Waals surface area contributed by atoms with Crippen LogP contribution in [0.4, 0.5) is 4.79 Å². The first-order valence-corrected chi connectivity index (χ1v) is 7.40. The number of hydrogen-bond donors (Lipinski definition) is 1. The van der Waals surface area contributed by atoms with Gasteiger partial charge < -0.3 is 5.73 Å². The molecule has 0 spiro atoms. The van der Waals surface area contributed by atoms with Crippen LogP contribution in [0.15, 0.2) is 6.20 Å². The van der Waals surface area contributed by atoms with Gasteiger partial charge in [-0.05, 0) is 25.7 Å². The van der Waals surface area contributed by atoms with Crippen molar-refractivity contribution in [2.24, 2.45) is 5.73 Å². The van der Waals surface area contributed by atoms with E-state index in [1.165, 1.54) is 4.68 Å². The summed E-state index contributed by atoms with van der Waals surface area (Å²) in [6.45, 7) is 0. The number of carbonyl (C=O) groups excluding carboxylic acids is 1. The Balaban J connectivity index is 1.92. The molecule has 2 rings (SSSR count). The van der Waals surface area contributed by atoms with Gasteiger partial charge in [-0.25, -0.2) is 13.1 Å². The Morgan fingerprint density at radius 1 is 1.58 bits per heavy atom. The first-order valence-electron chi connectivity index (χ1n) is 5.75. The minimum atomic E-state index is -3.85. The Morgan fingerprint density at radius 2 is 2.26 bits per heavy atom. The van der Waals surface area contributed by atoms with Crippen LogP contribution in [0.5, 0.6) is 0 Å². The molecule has 0 bridgehead atoms. The number of amides is 1. The van der Waals surface area contributed by atoms with E-state index in [9.17, 15) is 13.2 Å². The fraction of sp³-hybridized carbons (Fsp3) is 0.600. The second kappa shape index (κ2) is 4.62. The van der Waals surface area contributed by atoms with Gasteiger partial charge in [-0.3, -0.25) is 4.79 Å². The summed E-state index contributed by atoms with van der Waals surface area (Å²) in [5, 5.41) is 15.4. The molecule has 1 amide bonds. The Hall–Kier alpha value is -1.95. The molecule has 0 unspecified atom stereocenters. The zero-order chi connectivity index (χ0) is 14.1. The molecule has 1 saturated carbocycles. The van der Waals surface area contributed by atoms with E-state index in [1.807, 2.05) is 0 Å². The summed E-state index contributed by atoms with van der Waals surface area (Å²) in [4.78, 5) is 10.6. The third-order valence-corrected chi connectivity index (χ3v) is 4.50. The highest BCUT2D eigenvalue weighted by Crippen LogP contribution is 2.41. The highest BCUT2D eigenvalue weighted by Gasteiger charge is 2.46. The van der Waals surface area contributed by atoms with Gasteiger partial charge >= 0.3 is 5.24 Å². The molecule has 19 heavy (non-hydrogen) atoms. The molecule has 0 aliphatic heterocycles. The van der Waals surface area contributed by atoms with E-state index in [0.29, 0.717) is 12.1 Å². The minimum Gasteiger partial charge on any atom is -0.356 e. The van der Waals surface area contributed by atoms with Crippen LogP contribution < -0.4 is 5.73 Å². The van der Waals surface area contributed by atoms with Gasteiger partial charge in [0.05, 0.1) is 23.7 Å². The molecule has 0 radical (unpaired) electrons. The molecule has 1 heterocycles. The number of nitrogens with two attached hydrogens (primary N) is 1. The lowest BCUT2D eigenvalue weighted by Crippen LogP contribution is -2.24. The van der Waals surface area contributed by atoms with Crippen LogP contribution in [0.25, 0.3) is 0 Å². The van der Waals surface area contributed by atoms with Crippen LogP contribution in [0.1, 0.15) is 25.0 Å². The third-order valence-electron chi connectivity index (χ3n) is 3.06. The van der Waals surface area contributed by atoms with E-state index >= 15 is 0 Å². The van der Waals surface area contributed by atoms with Gasteiger partial charge in [0.2, 0.25) is 9.84 Å². The maximum absolute atomic E-state index is 11.2. The number of aryl methyl sites for hydroxylation is 1. The maximum Gasteiger partial charge on any atom is 0.333 e. The molecular formula is C10H13N5O3S. The summed E-state index contributed by atoms with van der Waals surface area (Å²) in [5.74, 6) is -0.307. The zero-order valence-corrected chi connectivity index (χ0v) is 10.9. The molecule has 0 atom stereocenters. The number of carbonyl (C=O) groups is 1.